The van der Waals surface area contributed by atoms with Crippen LogP contribution in [0.25, 0.3) is 0 Å². The highest BCUT2D eigenvalue weighted by atomic mass is 14.9. The molecule has 0 saturated carbocycles. The first-order valence-corrected chi connectivity index (χ1v) is 6.51. The lowest BCUT2D eigenvalue weighted by Crippen LogP contribution is -2.20. The van der Waals surface area contributed by atoms with Crippen molar-refractivity contribution in [2.45, 2.75) is 19.4 Å². The van der Waals surface area contributed by atoms with Gasteiger partial charge in [-0.1, -0.05) is 54.6 Å². The molecule has 1 N–H and O–H groups in total. The molecule has 0 radical (unpaired) electrons. The number of nitriles is 1. The monoisotopic (exact) mass is 250 g/mol. The van der Waals surface area contributed by atoms with Gasteiger partial charge in [0.25, 0.3) is 0 Å². The van der Waals surface area contributed by atoms with Gasteiger partial charge in [0, 0.05) is 13.1 Å². The van der Waals surface area contributed by atoms with Crippen molar-refractivity contribution in [3.8, 4) is 6.07 Å². The molecule has 2 aromatic rings. The minimum atomic E-state index is -0.0924. The summed E-state index contributed by atoms with van der Waals surface area (Å²) in [5.41, 5.74) is 3.64. The van der Waals surface area contributed by atoms with E-state index in [1.807, 2.05) is 42.5 Å². The molecule has 1 unspecified atom stereocenters. The molecule has 0 aliphatic carbocycles. The fraction of sp³-hybridized carbons (Fsp3) is 0.235. The molecule has 96 valence electrons. The second-order valence-corrected chi connectivity index (χ2v) is 4.65. The van der Waals surface area contributed by atoms with Crippen molar-refractivity contribution in [1.82, 2.24) is 5.32 Å². The van der Waals surface area contributed by atoms with Gasteiger partial charge >= 0.3 is 0 Å². The van der Waals surface area contributed by atoms with Gasteiger partial charge in [-0.05, 0) is 23.6 Å². The lowest BCUT2D eigenvalue weighted by Gasteiger charge is -2.12. The normalized spacial score (nSPS) is 11.8. The Morgan fingerprint density at radius 1 is 1.05 bits per heavy atom. The maximum Gasteiger partial charge on any atom is 0.0837 e. The minimum Gasteiger partial charge on any atom is -0.311 e. The average Bonchev–Trinajstić information content (AvgIpc) is 2.46. The Kier molecular flexibility index (Phi) is 4.72. The highest BCUT2D eigenvalue weighted by molar-refractivity contribution is 5.27. The summed E-state index contributed by atoms with van der Waals surface area (Å²) in [6.45, 7) is 3.59. The molecule has 0 aromatic heterocycles. The van der Waals surface area contributed by atoms with Crippen LogP contribution >= 0.6 is 0 Å². The predicted octanol–water partition coefficient (Wildman–Crippen LogP) is 3.39. The fourth-order valence-corrected chi connectivity index (χ4v) is 2.08. The molecular weight excluding hydrogens is 232 g/mol. The largest absolute Gasteiger partial charge is 0.311 e. The van der Waals surface area contributed by atoms with Crippen LogP contribution in [0.1, 0.15) is 22.6 Å². The van der Waals surface area contributed by atoms with E-state index in [1.165, 1.54) is 11.1 Å². The number of aryl methyl sites for hydroxylation is 1. The van der Waals surface area contributed by atoms with Crippen LogP contribution in [0.3, 0.4) is 0 Å². The van der Waals surface area contributed by atoms with E-state index >= 15 is 0 Å². The van der Waals surface area contributed by atoms with Gasteiger partial charge in [-0.15, -0.1) is 0 Å². The summed E-state index contributed by atoms with van der Waals surface area (Å²) in [5, 5.41) is 12.6. The van der Waals surface area contributed by atoms with Crippen molar-refractivity contribution in [1.29, 1.82) is 5.26 Å². The number of nitrogens with zero attached hydrogens (tertiary/aromatic N) is 1. The fourth-order valence-electron chi connectivity index (χ4n) is 2.08. The third kappa shape index (κ3) is 3.67. The van der Waals surface area contributed by atoms with Gasteiger partial charge in [-0.3, -0.25) is 0 Å². The van der Waals surface area contributed by atoms with E-state index in [2.05, 4.69) is 30.4 Å². The van der Waals surface area contributed by atoms with Crippen LogP contribution in [-0.4, -0.2) is 6.54 Å². The van der Waals surface area contributed by atoms with Crippen LogP contribution in [0.5, 0.6) is 0 Å². The molecule has 0 spiro atoms. The van der Waals surface area contributed by atoms with Gasteiger partial charge in [-0.25, -0.2) is 0 Å². The zero-order chi connectivity index (χ0) is 13.5. The molecular formula is C17H18N2. The first-order chi connectivity index (χ1) is 9.31. The van der Waals surface area contributed by atoms with Gasteiger partial charge < -0.3 is 5.32 Å². The number of benzene rings is 2. The van der Waals surface area contributed by atoms with Crippen LogP contribution in [0.4, 0.5) is 0 Å². The van der Waals surface area contributed by atoms with E-state index in [9.17, 15) is 5.26 Å². The third-order valence-corrected chi connectivity index (χ3v) is 3.28. The Morgan fingerprint density at radius 3 is 2.42 bits per heavy atom. The zero-order valence-electron chi connectivity index (χ0n) is 11.1. The molecule has 2 aromatic carbocycles. The van der Waals surface area contributed by atoms with E-state index in [-0.39, 0.29) is 5.92 Å². The molecule has 0 aliphatic heterocycles. The zero-order valence-corrected chi connectivity index (χ0v) is 11.1. The second kappa shape index (κ2) is 6.72. The SMILES string of the molecule is Cc1ccccc1CNCC(C#N)c1ccccc1. The van der Waals surface area contributed by atoms with Crippen molar-refractivity contribution < 1.29 is 0 Å². The maximum atomic E-state index is 9.24. The topological polar surface area (TPSA) is 35.8 Å². The van der Waals surface area contributed by atoms with Crippen molar-refractivity contribution >= 4 is 0 Å². The van der Waals surface area contributed by atoms with E-state index in [0.717, 1.165) is 12.1 Å². The molecule has 0 heterocycles. The Hall–Kier alpha value is -2.11. The van der Waals surface area contributed by atoms with Gasteiger partial charge in [0.15, 0.2) is 0 Å². The molecule has 0 bridgehead atoms. The number of hydrogen-bond donors (Lipinski definition) is 1. The Balaban J connectivity index is 1.92. The minimum absolute atomic E-state index is 0.0924. The lowest BCUT2D eigenvalue weighted by molar-refractivity contribution is 0.650. The van der Waals surface area contributed by atoms with Crippen LogP contribution in [0, 0.1) is 18.3 Å². The van der Waals surface area contributed by atoms with Crippen molar-refractivity contribution in [3.63, 3.8) is 0 Å². The molecule has 1 atom stereocenters. The molecule has 2 nitrogen and oxygen atoms in total. The van der Waals surface area contributed by atoms with Crippen LogP contribution in [-0.2, 0) is 6.54 Å². The van der Waals surface area contributed by atoms with Crippen molar-refractivity contribution in [3.05, 3.63) is 71.3 Å². The predicted molar refractivity (Wildman–Crippen MR) is 77.7 cm³/mol. The first kappa shape index (κ1) is 13.3. The maximum absolute atomic E-state index is 9.24. The van der Waals surface area contributed by atoms with E-state index < -0.39 is 0 Å². The molecule has 0 aliphatic rings. The summed E-state index contributed by atoms with van der Waals surface area (Å²) in [5.74, 6) is -0.0924. The standard InChI is InChI=1S/C17H18N2/c1-14-7-5-6-10-16(14)12-19-13-17(11-18)15-8-3-2-4-9-15/h2-10,17,19H,12-13H2,1H3. The Labute approximate surface area is 114 Å². The summed E-state index contributed by atoms with van der Waals surface area (Å²) < 4.78 is 0. The summed E-state index contributed by atoms with van der Waals surface area (Å²) in [7, 11) is 0. The van der Waals surface area contributed by atoms with Gasteiger partial charge in [0.1, 0.15) is 0 Å². The van der Waals surface area contributed by atoms with Gasteiger partial charge in [0.05, 0.1) is 12.0 Å². The van der Waals surface area contributed by atoms with Gasteiger partial charge in [0.2, 0.25) is 0 Å². The number of rotatable bonds is 5. The number of hydrogen-bond acceptors (Lipinski definition) is 2. The first-order valence-electron chi connectivity index (χ1n) is 6.51. The van der Waals surface area contributed by atoms with Crippen molar-refractivity contribution in [2.75, 3.05) is 6.54 Å². The molecule has 0 saturated heterocycles. The smallest absolute Gasteiger partial charge is 0.0837 e. The van der Waals surface area contributed by atoms with Gasteiger partial charge in [-0.2, -0.15) is 5.26 Å². The highest BCUT2D eigenvalue weighted by Crippen LogP contribution is 2.14. The molecule has 2 heteroatoms. The second-order valence-electron chi connectivity index (χ2n) is 4.65. The summed E-state index contributed by atoms with van der Waals surface area (Å²) in [6.07, 6.45) is 0. The molecule has 0 amide bonds. The van der Waals surface area contributed by atoms with E-state index in [1.54, 1.807) is 0 Å². The lowest BCUT2D eigenvalue weighted by atomic mass is 10.0. The van der Waals surface area contributed by atoms with Crippen LogP contribution in [0.15, 0.2) is 54.6 Å². The summed E-state index contributed by atoms with van der Waals surface area (Å²) in [4.78, 5) is 0. The van der Waals surface area contributed by atoms with Crippen LogP contribution in [0.2, 0.25) is 0 Å². The van der Waals surface area contributed by atoms with Crippen molar-refractivity contribution in [2.24, 2.45) is 0 Å². The molecule has 0 fully saturated rings. The average molecular weight is 250 g/mol. The highest BCUT2D eigenvalue weighted by Gasteiger charge is 2.09. The Morgan fingerprint density at radius 2 is 1.74 bits per heavy atom. The summed E-state index contributed by atoms with van der Waals surface area (Å²) in [6, 6.07) is 20.6. The summed E-state index contributed by atoms with van der Waals surface area (Å²) >= 11 is 0. The van der Waals surface area contributed by atoms with E-state index in [4.69, 9.17) is 0 Å². The molecule has 2 rings (SSSR count). The Bertz CT molecular complexity index is 555. The van der Waals surface area contributed by atoms with Crippen LogP contribution < -0.4 is 5.32 Å². The van der Waals surface area contributed by atoms with E-state index in [0.29, 0.717) is 6.54 Å². The number of nitrogens with one attached hydrogen (secondary N) is 1. The third-order valence-electron chi connectivity index (χ3n) is 3.28. The quantitative estimate of drug-likeness (QED) is 0.883. The molecule has 19 heavy (non-hydrogen) atoms.